The lowest BCUT2D eigenvalue weighted by Gasteiger charge is -2.08. The highest BCUT2D eigenvalue weighted by molar-refractivity contribution is 5.99. The molecular weight excluding hydrogens is 361 g/mol. The number of aromatic nitrogens is 4. The average Bonchev–Trinajstić information content (AvgIpc) is 3.32. The average molecular weight is 375 g/mol. The molecule has 0 saturated heterocycles. The number of rotatable bonds is 4. The zero-order valence-corrected chi connectivity index (χ0v) is 14.8. The highest BCUT2D eigenvalue weighted by Crippen LogP contribution is 2.34. The van der Waals surface area contributed by atoms with Gasteiger partial charge in [0.2, 0.25) is 0 Å². The number of hydrogen-bond donors (Lipinski definition) is 1. The normalized spacial score (nSPS) is 10.8. The second-order valence-corrected chi connectivity index (χ2v) is 5.95. The van der Waals surface area contributed by atoms with Gasteiger partial charge in [0.05, 0.1) is 12.8 Å². The first-order chi connectivity index (χ1) is 13.6. The molecule has 7 nitrogen and oxygen atoms in total. The van der Waals surface area contributed by atoms with E-state index in [0.29, 0.717) is 33.7 Å². The minimum atomic E-state index is -0.551. The number of benzene rings is 1. The molecule has 0 aliphatic carbocycles. The lowest BCUT2D eigenvalue weighted by molar-refractivity contribution is 0.0520. The van der Waals surface area contributed by atoms with Gasteiger partial charge in [-0.1, -0.05) is 0 Å². The molecule has 0 amide bonds. The number of carbonyl (C=O) groups is 1. The van der Waals surface area contributed by atoms with E-state index in [9.17, 15) is 14.4 Å². The van der Waals surface area contributed by atoms with Crippen LogP contribution in [0.4, 0.5) is 4.39 Å². The first-order valence-electron chi connectivity index (χ1n) is 8.51. The van der Waals surface area contributed by atoms with Crippen LogP contribution in [0.15, 0.2) is 48.8 Å². The Hall–Kier alpha value is -3.99. The van der Waals surface area contributed by atoms with Crippen LogP contribution >= 0.6 is 0 Å². The summed E-state index contributed by atoms with van der Waals surface area (Å²) < 4.78 is 20.1. The van der Waals surface area contributed by atoms with Gasteiger partial charge in [-0.25, -0.2) is 14.2 Å². The smallest absolute Gasteiger partial charge is 0.357 e. The van der Waals surface area contributed by atoms with Crippen LogP contribution in [0.3, 0.4) is 0 Å². The molecule has 0 spiro atoms. The molecule has 0 saturated carbocycles. The van der Waals surface area contributed by atoms with Gasteiger partial charge in [-0.3, -0.25) is 9.50 Å². The van der Waals surface area contributed by atoms with E-state index in [2.05, 4.69) is 21.3 Å². The lowest BCUT2D eigenvalue weighted by atomic mass is 10.00. The molecule has 4 rings (SSSR count). The summed E-state index contributed by atoms with van der Waals surface area (Å²) in [4.78, 5) is 16.6. The summed E-state index contributed by atoms with van der Waals surface area (Å²) in [6.07, 6.45) is 3.18. The zero-order chi connectivity index (χ0) is 19.7. The third kappa shape index (κ3) is 2.89. The van der Waals surface area contributed by atoms with Crippen molar-refractivity contribution in [3.05, 3.63) is 66.0 Å². The predicted octanol–water partition coefficient (Wildman–Crippen LogP) is 3.58. The molecule has 0 aliphatic rings. The van der Waals surface area contributed by atoms with Crippen LogP contribution in [0.1, 0.15) is 23.1 Å². The number of esters is 1. The van der Waals surface area contributed by atoms with E-state index >= 15 is 0 Å². The summed E-state index contributed by atoms with van der Waals surface area (Å²) in [7, 11) is 0. The molecule has 0 fully saturated rings. The number of ether oxygens (including phenoxy) is 1. The fourth-order valence-electron chi connectivity index (χ4n) is 3.00. The van der Waals surface area contributed by atoms with E-state index in [1.165, 1.54) is 18.3 Å². The number of nitrogens with zero attached hydrogens (tertiary/aromatic N) is 4. The van der Waals surface area contributed by atoms with Gasteiger partial charge in [-0.15, -0.1) is 0 Å². The molecule has 0 unspecified atom stereocenters. The van der Waals surface area contributed by atoms with Gasteiger partial charge >= 0.3 is 5.97 Å². The fourth-order valence-corrected chi connectivity index (χ4v) is 3.00. The van der Waals surface area contributed by atoms with Crippen molar-refractivity contribution in [2.75, 3.05) is 6.61 Å². The van der Waals surface area contributed by atoms with Crippen molar-refractivity contribution in [2.24, 2.45) is 0 Å². The summed E-state index contributed by atoms with van der Waals surface area (Å²) in [5.74, 6) is -0.922. The van der Waals surface area contributed by atoms with Gasteiger partial charge in [0, 0.05) is 22.9 Å². The summed E-state index contributed by atoms with van der Waals surface area (Å²) >= 11 is 0. The Balaban J connectivity index is 1.95. The quantitative estimate of drug-likeness (QED) is 0.550. The van der Waals surface area contributed by atoms with Crippen LogP contribution < -0.4 is 0 Å². The molecule has 0 atom stereocenters. The maximum atomic E-state index is 13.3. The number of hydrogen-bond acceptors (Lipinski definition) is 5. The molecule has 0 aliphatic heterocycles. The lowest BCUT2D eigenvalue weighted by Crippen LogP contribution is -2.07. The monoisotopic (exact) mass is 375 g/mol. The van der Waals surface area contributed by atoms with E-state index in [1.807, 2.05) is 0 Å². The largest absolute Gasteiger partial charge is 0.461 e. The number of nitrogens with one attached hydrogen (secondary N) is 1. The number of nitriles is 1. The highest BCUT2D eigenvalue weighted by atomic mass is 19.1. The van der Waals surface area contributed by atoms with E-state index < -0.39 is 5.97 Å². The maximum absolute atomic E-state index is 13.3. The Morgan fingerprint density at radius 2 is 2.00 bits per heavy atom. The third-order valence-corrected chi connectivity index (χ3v) is 4.27. The molecule has 1 aromatic carbocycles. The van der Waals surface area contributed by atoms with E-state index in [1.54, 1.807) is 41.8 Å². The van der Waals surface area contributed by atoms with E-state index in [-0.39, 0.29) is 18.1 Å². The Bertz CT molecular complexity index is 1220. The molecule has 8 heteroatoms. The van der Waals surface area contributed by atoms with E-state index in [4.69, 9.17) is 4.74 Å². The molecule has 138 valence electrons. The Kier molecular flexibility index (Phi) is 4.33. The third-order valence-electron chi connectivity index (χ3n) is 4.27. The SMILES string of the molecule is CCOC(=O)c1[nH]nc(-c2ccc(F)cc2)c1-c1ccc2ncc(C#N)n2c1. The van der Waals surface area contributed by atoms with Gasteiger partial charge in [0.25, 0.3) is 0 Å². The summed E-state index contributed by atoms with van der Waals surface area (Å²) in [6.45, 7) is 1.92. The number of halogens is 1. The van der Waals surface area contributed by atoms with Gasteiger partial charge in [-0.2, -0.15) is 10.4 Å². The number of H-pyrrole nitrogens is 1. The Labute approximate surface area is 159 Å². The van der Waals surface area contributed by atoms with Gasteiger partial charge in [0.1, 0.15) is 28.9 Å². The number of pyridine rings is 1. The van der Waals surface area contributed by atoms with Crippen molar-refractivity contribution in [1.82, 2.24) is 19.6 Å². The number of imidazole rings is 1. The second-order valence-electron chi connectivity index (χ2n) is 5.95. The van der Waals surface area contributed by atoms with Gasteiger partial charge < -0.3 is 4.74 Å². The summed E-state index contributed by atoms with van der Waals surface area (Å²) in [5, 5.41) is 16.3. The minimum Gasteiger partial charge on any atom is -0.461 e. The Morgan fingerprint density at radius 1 is 1.25 bits per heavy atom. The minimum absolute atomic E-state index is 0.180. The predicted molar refractivity (Wildman–Crippen MR) is 98.8 cm³/mol. The topological polar surface area (TPSA) is 96.1 Å². The van der Waals surface area contributed by atoms with Crippen LogP contribution in [-0.2, 0) is 4.74 Å². The standard InChI is InChI=1S/C20H14FN5O2/c1-2-28-20(27)19-17(18(24-25-19)12-3-6-14(21)7-4-12)13-5-8-16-23-10-15(9-22)26(16)11-13/h3-8,10-11H,2H2,1H3,(H,24,25). The highest BCUT2D eigenvalue weighted by Gasteiger charge is 2.23. The number of fused-ring (bicyclic) bond motifs is 1. The summed E-state index contributed by atoms with van der Waals surface area (Å²) in [5.41, 5.74) is 3.39. The first-order valence-corrected chi connectivity index (χ1v) is 8.51. The molecule has 3 aromatic heterocycles. The molecule has 28 heavy (non-hydrogen) atoms. The van der Waals surface area contributed by atoms with E-state index in [0.717, 1.165) is 0 Å². The molecule has 1 N–H and O–H groups in total. The second kappa shape index (κ2) is 6.96. The van der Waals surface area contributed by atoms with Crippen molar-refractivity contribution in [2.45, 2.75) is 6.92 Å². The van der Waals surface area contributed by atoms with Crippen molar-refractivity contribution in [3.63, 3.8) is 0 Å². The van der Waals surface area contributed by atoms with Crippen LogP contribution in [0.5, 0.6) is 0 Å². The van der Waals surface area contributed by atoms with Crippen LogP contribution in [0.2, 0.25) is 0 Å². The van der Waals surface area contributed by atoms with Gasteiger partial charge in [0.15, 0.2) is 5.69 Å². The first kappa shape index (κ1) is 17.4. The Morgan fingerprint density at radius 3 is 2.71 bits per heavy atom. The van der Waals surface area contributed by atoms with Gasteiger partial charge in [-0.05, 0) is 43.3 Å². The molecule has 3 heterocycles. The van der Waals surface area contributed by atoms with Crippen LogP contribution in [-0.4, -0.2) is 32.2 Å². The number of carbonyl (C=O) groups excluding carboxylic acids is 1. The van der Waals surface area contributed by atoms with Crippen LogP contribution in [0, 0.1) is 17.1 Å². The fraction of sp³-hybridized carbons (Fsp3) is 0.100. The molecule has 0 bridgehead atoms. The van der Waals surface area contributed by atoms with Crippen molar-refractivity contribution < 1.29 is 13.9 Å². The molecule has 4 aromatic rings. The molecular formula is C20H14FN5O2. The maximum Gasteiger partial charge on any atom is 0.357 e. The zero-order valence-electron chi connectivity index (χ0n) is 14.8. The van der Waals surface area contributed by atoms with Crippen LogP contribution in [0.25, 0.3) is 28.0 Å². The van der Waals surface area contributed by atoms with Crippen molar-refractivity contribution in [1.29, 1.82) is 5.26 Å². The summed E-state index contributed by atoms with van der Waals surface area (Å²) in [6, 6.07) is 11.4. The number of aromatic amines is 1. The molecule has 0 radical (unpaired) electrons. The van der Waals surface area contributed by atoms with Crippen molar-refractivity contribution in [3.8, 4) is 28.5 Å². The van der Waals surface area contributed by atoms with Crippen molar-refractivity contribution >= 4 is 11.6 Å².